The molecular formula is C20H37N5O3. The van der Waals surface area contributed by atoms with Gasteiger partial charge in [-0.15, -0.1) is 0 Å². The number of aromatic nitrogens is 2. The second-order valence-electron chi connectivity index (χ2n) is 7.53. The van der Waals surface area contributed by atoms with Crippen molar-refractivity contribution in [3.05, 3.63) is 22.0 Å². The minimum Gasteiger partial charge on any atom is -0.352 e. The van der Waals surface area contributed by atoms with Crippen LogP contribution in [0.25, 0.3) is 0 Å². The van der Waals surface area contributed by atoms with Crippen LogP contribution in [-0.2, 0) is 11.3 Å². The molecule has 0 spiro atoms. The smallest absolute Gasteiger partial charge is 0.309 e. The Morgan fingerprint density at radius 2 is 1.86 bits per heavy atom. The zero-order valence-electron chi connectivity index (χ0n) is 17.9. The second-order valence-corrected chi connectivity index (χ2v) is 7.53. The normalized spacial score (nSPS) is 12.3. The highest BCUT2D eigenvalue weighted by molar-refractivity contribution is 5.76. The van der Waals surface area contributed by atoms with Crippen LogP contribution in [0.2, 0.25) is 0 Å². The highest BCUT2D eigenvalue weighted by Gasteiger charge is 2.17. The Kier molecular flexibility index (Phi) is 11.4. The first-order chi connectivity index (χ1) is 13.4. The predicted molar refractivity (Wildman–Crippen MR) is 111 cm³/mol. The topological polar surface area (TPSA) is 93.3 Å². The zero-order chi connectivity index (χ0) is 20.9. The highest BCUT2D eigenvalue weighted by atomic mass is 16.6. The third-order valence-electron chi connectivity index (χ3n) is 4.92. The van der Waals surface area contributed by atoms with Gasteiger partial charge in [0.15, 0.2) is 0 Å². The van der Waals surface area contributed by atoms with Crippen molar-refractivity contribution >= 4 is 11.6 Å². The van der Waals surface area contributed by atoms with E-state index in [1.807, 2.05) is 6.92 Å². The summed E-state index contributed by atoms with van der Waals surface area (Å²) < 4.78 is 1.52. The minimum absolute atomic E-state index is 0.0106. The fraction of sp³-hybridized carbons (Fsp3) is 0.800. The zero-order valence-corrected chi connectivity index (χ0v) is 17.9. The number of nitrogens with zero attached hydrogens (tertiary/aromatic N) is 4. The van der Waals surface area contributed by atoms with E-state index in [-0.39, 0.29) is 24.1 Å². The molecule has 0 aliphatic heterocycles. The molecule has 8 nitrogen and oxygen atoms in total. The first-order valence-corrected chi connectivity index (χ1v) is 10.6. The van der Waals surface area contributed by atoms with Crippen molar-refractivity contribution in [1.29, 1.82) is 0 Å². The van der Waals surface area contributed by atoms with Gasteiger partial charge in [0, 0.05) is 19.0 Å². The van der Waals surface area contributed by atoms with Crippen molar-refractivity contribution in [2.24, 2.45) is 0 Å². The van der Waals surface area contributed by atoms with E-state index in [0.29, 0.717) is 12.2 Å². The van der Waals surface area contributed by atoms with Crippen molar-refractivity contribution in [2.45, 2.75) is 85.2 Å². The van der Waals surface area contributed by atoms with Gasteiger partial charge in [-0.25, -0.2) is 0 Å². The van der Waals surface area contributed by atoms with E-state index >= 15 is 0 Å². The average molecular weight is 396 g/mol. The van der Waals surface area contributed by atoms with Crippen LogP contribution < -0.4 is 5.32 Å². The number of carbonyl (C=O) groups excluding carboxylic acids is 1. The molecule has 0 aliphatic carbocycles. The van der Waals surface area contributed by atoms with Crippen LogP contribution in [0.1, 0.15) is 71.4 Å². The molecule has 0 saturated carbocycles. The van der Waals surface area contributed by atoms with Crippen molar-refractivity contribution in [1.82, 2.24) is 20.0 Å². The lowest BCUT2D eigenvalue weighted by molar-refractivity contribution is -0.385. The maximum atomic E-state index is 12.3. The molecular weight excluding hydrogens is 358 g/mol. The summed E-state index contributed by atoms with van der Waals surface area (Å²) in [6.07, 6.45) is 8.78. The minimum atomic E-state index is -0.452. The van der Waals surface area contributed by atoms with Crippen LogP contribution in [0.15, 0.2) is 6.20 Å². The molecule has 160 valence electrons. The van der Waals surface area contributed by atoms with Crippen molar-refractivity contribution in [3.63, 3.8) is 0 Å². The van der Waals surface area contributed by atoms with Gasteiger partial charge in [-0.05, 0) is 39.8 Å². The number of nitro groups is 1. The van der Waals surface area contributed by atoms with Crippen LogP contribution in [-0.4, -0.2) is 51.2 Å². The maximum Gasteiger partial charge on any atom is 0.309 e. The van der Waals surface area contributed by atoms with Crippen molar-refractivity contribution < 1.29 is 9.72 Å². The molecule has 0 saturated heterocycles. The summed E-state index contributed by atoms with van der Waals surface area (Å²) in [4.78, 5) is 25.2. The molecule has 8 heteroatoms. The van der Waals surface area contributed by atoms with E-state index in [2.05, 4.69) is 29.2 Å². The summed E-state index contributed by atoms with van der Waals surface area (Å²) >= 11 is 0. The van der Waals surface area contributed by atoms with Crippen LogP contribution in [0, 0.1) is 17.0 Å². The Morgan fingerprint density at radius 3 is 2.36 bits per heavy atom. The van der Waals surface area contributed by atoms with Crippen LogP contribution in [0.5, 0.6) is 0 Å². The molecule has 1 atom stereocenters. The van der Waals surface area contributed by atoms with Gasteiger partial charge in [0.2, 0.25) is 5.91 Å². The van der Waals surface area contributed by atoms with Crippen molar-refractivity contribution in [3.8, 4) is 0 Å². The van der Waals surface area contributed by atoms with Gasteiger partial charge in [-0.1, -0.05) is 39.5 Å². The van der Waals surface area contributed by atoms with Crippen LogP contribution in [0.4, 0.5) is 5.69 Å². The summed E-state index contributed by atoms with van der Waals surface area (Å²) in [6.45, 7) is 11.5. The molecule has 0 aromatic carbocycles. The standard InChI is InChI=1S/C20H37N5O3/c1-5-7-9-12-23(13-10-8-6-2)16-17(3)22-20(26)11-14-24-18(4)19(15-21-24)25(27)28/h15,17H,5-14,16H2,1-4H3,(H,22,26). The van der Waals surface area contributed by atoms with E-state index < -0.39 is 4.92 Å². The number of aryl methyl sites for hydroxylation is 1. The van der Waals surface area contributed by atoms with E-state index in [1.165, 1.54) is 49.4 Å². The summed E-state index contributed by atoms with van der Waals surface area (Å²) in [7, 11) is 0. The fourth-order valence-corrected chi connectivity index (χ4v) is 3.29. The first kappa shape index (κ1) is 24.1. The van der Waals surface area contributed by atoms with E-state index in [4.69, 9.17) is 0 Å². The molecule has 1 rings (SSSR count). The van der Waals surface area contributed by atoms with E-state index in [1.54, 1.807) is 6.92 Å². The number of carbonyl (C=O) groups is 1. The van der Waals surface area contributed by atoms with Gasteiger partial charge in [0.1, 0.15) is 11.9 Å². The molecule has 0 aliphatic rings. The Morgan fingerprint density at radius 1 is 1.25 bits per heavy atom. The van der Waals surface area contributed by atoms with Crippen LogP contribution >= 0.6 is 0 Å². The lowest BCUT2D eigenvalue weighted by Gasteiger charge is -2.26. The molecule has 1 amide bonds. The average Bonchev–Trinajstić information content (AvgIpc) is 3.01. The molecule has 1 aromatic heterocycles. The maximum absolute atomic E-state index is 12.3. The molecule has 1 unspecified atom stereocenters. The third-order valence-corrected chi connectivity index (χ3v) is 4.92. The fourth-order valence-electron chi connectivity index (χ4n) is 3.29. The third kappa shape index (κ3) is 8.82. The lowest BCUT2D eigenvalue weighted by Crippen LogP contribution is -2.43. The summed E-state index contributed by atoms with van der Waals surface area (Å²) in [5.74, 6) is -0.0490. The quantitative estimate of drug-likeness (QED) is 0.278. The van der Waals surface area contributed by atoms with Gasteiger partial charge in [-0.3, -0.25) is 19.6 Å². The van der Waals surface area contributed by atoms with Gasteiger partial charge in [0.05, 0.1) is 11.5 Å². The molecule has 0 radical (unpaired) electrons. The van der Waals surface area contributed by atoms with Crippen molar-refractivity contribution in [2.75, 3.05) is 19.6 Å². The van der Waals surface area contributed by atoms with Gasteiger partial charge in [-0.2, -0.15) is 5.10 Å². The van der Waals surface area contributed by atoms with Gasteiger partial charge < -0.3 is 10.2 Å². The Bertz CT molecular complexity index is 593. The molecule has 0 bridgehead atoms. The second kappa shape index (κ2) is 13.3. The SMILES string of the molecule is CCCCCN(CCCCC)CC(C)NC(=O)CCn1ncc([N+](=O)[O-])c1C. The molecule has 1 heterocycles. The number of rotatable bonds is 15. The van der Waals surface area contributed by atoms with Crippen LogP contribution in [0.3, 0.4) is 0 Å². The molecule has 0 fully saturated rings. The lowest BCUT2D eigenvalue weighted by atomic mass is 10.2. The molecule has 28 heavy (non-hydrogen) atoms. The van der Waals surface area contributed by atoms with Gasteiger partial charge in [0.25, 0.3) is 0 Å². The highest BCUT2D eigenvalue weighted by Crippen LogP contribution is 2.16. The predicted octanol–water partition coefficient (Wildman–Crippen LogP) is 3.68. The Labute approximate surface area is 168 Å². The number of nitrogens with one attached hydrogen (secondary N) is 1. The number of unbranched alkanes of at least 4 members (excludes halogenated alkanes) is 4. The first-order valence-electron chi connectivity index (χ1n) is 10.6. The monoisotopic (exact) mass is 395 g/mol. The Hall–Kier alpha value is -1.96. The van der Waals surface area contributed by atoms with E-state index in [9.17, 15) is 14.9 Å². The number of hydrogen-bond donors (Lipinski definition) is 1. The number of amides is 1. The number of hydrogen-bond acceptors (Lipinski definition) is 5. The molecule has 1 aromatic rings. The Balaban J connectivity index is 2.44. The summed E-state index contributed by atoms with van der Waals surface area (Å²) in [5.41, 5.74) is 0.465. The summed E-state index contributed by atoms with van der Waals surface area (Å²) in [5, 5.41) is 17.9. The van der Waals surface area contributed by atoms with E-state index in [0.717, 1.165) is 19.6 Å². The largest absolute Gasteiger partial charge is 0.352 e. The molecule has 1 N–H and O–H groups in total. The van der Waals surface area contributed by atoms with Gasteiger partial charge >= 0.3 is 5.69 Å². The summed E-state index contributed by atoms with van der Waals surface area (Å²) in [6, 6.07) is 0.0730.